The number of hydrogen-bond donors (Lipinski definition) is 8. The van der Waals surface area contributed by atoms with Crippen LogP contribution in [0.1, 0.15) is 51.4 Å². The summed E-state index contributed by atoms with van der Waals surface area (Å²) in [6.07, 6.45) is 5.97. The van der Waals surface area contributed by atoms with Crippen LogP contribution in [-0.2, 0) is 9.59 Å². The molecule has 13 heteroatoms. The zero-order valence-corrected chi connectivity index (χ0v) is 20.7. The van der Waals surface area contributed by atoms with Gasteiger partial charge in [0.05, 0.1) is 12.1 Å². The zero-order valence-electron chi connectivity index (χ0n) is 20.7. The van der Waals surface area contributed by atoms with Crippen LogP contribution in [-0.4, -0.2) is 87.0 Å². The summed E-state index contributed by atoms with van der Waals surface area (Å²) in [7, 11) is 2.01. The number of aliphatic imine (C=N–C) groups is 2. The molecule has 0 bridgehead atoms. The van der Waals surface area contributed by atoms with Crippen molar-refractivity contribution in [1.29, 1.82) is 0 Å². The quantitative estimate of drug-likeness (QED) is 0.0514. The van der Waals surface area contributed by atoms with Crippen LogP contribution in [0.15, 0.2) is 9.98 Å². The minimum atomic E-state index is -0.523. The molecule has 0 aliphatic carbocycles. The Balaban J connectivity index is 3.73. The number of rotatable bonds is 20. The van der Waals surface area contributed by atoms with Gasteiger partial charge in [0.1, 0.15) is 0 Å². The van der Waals surface area contributed by atoms with Gasteiger partial charge < -0.3 is 49.9 Å². The Hall–Kier alpha value is -2.64. The van der Waals surface area contributed by atoms with Crippen molar-refractivity contribution >= 4 is 23.7 Å². The van der Waals surface area contributed by atoms with Gasteiger partial charge in [-0.15, -0.1) is 0 Å². The lowest BCUT2D eigenvalue weighted by Crippen LogP contribution is -2.42. The highest BCUT2D eigenvalue weighted by atomic mass is 16.2. The molecule has 0 aliphatic rings. The van der Waals surface area contributed by atoms with Crippen molar-refractivity contribution in [2.24, 2.45) is 44.4 Å². The van der Waals surface area contributed by atoms with Gasteiger partial charge >= 0.3 is 0 Å². The van der Waals surface area contributed by atoms with E-state index < -0.39 is 12.1 Å². The molecule has 14 N–H and O–H groups in total. The van der Waals surface area contributed by atoms with E-state index in [2.05, 4.69) is 25.5 Å². The molecule has 0 heterocycles. The van der Waals surface area contributed by atoms with Gasteiger partial charge in [-0.2, -0.15) is 0 Å². The van der Waals surface area contributed by atoms with E-state index in [1.165, 1.54) is 0 Å². The summed E-state index contributed by atoms with van der Waals surface area (Å²) in [6, 6.07) is -1.05. The Morgan fingerprint density at radius 2 is 1.09 bits per heavy atom. The Bertz CT molecular complexity index is 568. The summed E-state index contributed by atoms with van der Waals surface area (Å²) < 4.78 is 0. The van der Waals surface area contributed by atoms with Gasteiger partial charge in [0.15, 0.2) is 11.9 Å². The highest BCUT2D eigenvalue weighted by Crippen LogP contribution is 2.01. The molecule has 2 atom stereocenters. The molecule has 0 aromatic rings. The van der Waals surface area contributed by atoms with Gasteiger partial charge in [0.25, 0.3) is 0 Å². The van der Waals surface area contributed by atoms with E-state index in [-0.39, 0.29) is 23.7 Å². The van der Waals surface area contributed by atoms with Crippen molar-refractivity contribution in [2.45, 2.75) is 63.5 Å². The van der Waals surface area contributed by atoms with E-state index in [1.807, 2.05) is 7.05 Å². The first kappa shape index (κ1) is 31.4. The van der Waals surface area contributed by atoms with Gasteiger partial charge in [0, 0.05) is 26.2 Å². The lowest BCUT2D eigenvalue weighted by Gasteiger charge is -2.18. The maximum atomic E-state index is 12.0. The Labute approximate surface area is 203 Å². The van der Waals surface area contributed by atoms with Crippen LogP contribution in [0.4, 0.5) is 0 Å². The van der Waals surface area contributed by atoms with Gasteiger partial charge in [-0.05, 0) is 71.5 Å². The third-order valence-corrected chi connectivity index (χ3v) is 5.14. The van der Waals surface area contributed by atoms with Crippen molar-refractivity contribution in [3.63, 3.8) is 0 Å². The van der Waals surface area contributed by atoms with Crippen molar-refractivity contribution in [2.75, 3.05) is 46.3 Å². The third-order valence-electron chi connectivity index (χ3n) is 5.14. The summed E-state index contributed by atoms with van der Waals surface area (Å²) in [5.74, 6) is -0.131. The smallest absolute Gasteiger partial charge is 0.236 e. The molecule has 0 unspecified atom stereocenters. The van der Waals surface area contributed by atoms with Crippen molar-refractivity contribution in [3.05, 3.63) is 0 Å². The largest absolute Gasteiger partial charge is 0.370 e. The summed E-state index contributed by atoms with van der Waals surface area (Å²) in [5, 5.41) is 5.75. The summed E-state index contributed by atoms with van der Waals surface area (Å²) >= 11 is 0. The molecule has 0 saturated carbocycles. The molecule has 198 valence electrons. The second-order valence-electron chi connectivity index (χ2n) is 8.41. The molecule has 0 aromatic heterocycles. The average Bonchev–Trinajstić information content (AvgIpc) is 2.78. The van der Waals surface area contributed by atoms with E-state index in [0.717, 1.165) is 51.6 Å². The molecular formula is C21H47N11O2. The van der Waals surface area contributed by atoms with Crippen molar-refractivity contribution in [1.82, 2.24) is 15.5 Å². The molecule has 2 amide bonds. The van der Waals surface area contributed by atoms with Crippen LogP contribution in [0.5, 0.6) is 0 Å². The van der Waals surface area contributed by atoms with Crippen LogP contribution in [0.3, 0.4) is 0 Å². The number of unbranched alkanes of at least 4 members (excludes halogenated alkanes) is 2. The molecule has 0 radical (unpaired) electrons. The monoisotopic (exact) mass is 485 g/mol. The topological polar surface area (TPSA) is 242 Å². The first-order valence-electron chi connectivity index (χ1n) is 12.0. The molecule has 0 aromatic carbocycles. The zero-order chi connectivity index (χ0) is 25.8. The van der Waals surface area contributed by atoms with Gasteiger partial charge in [-0.1, -0.05) is 0 Å². The molecule has 0 spiro atoms. The van der Waals surface area contributed by atoms with Crippen LogP contribution >= 0.6 is 0 Å². The SMILES string of the molecule is CN(CCCNC(=O)[C@H](N)CCCCN=C(N)N)CCCNC(=O)[C@H](N)CCCCN=C(N)N. The summed E-state index contributed by atoms with van der Waals surface area (Å²) in [6.45, 7) is 3.89. The van der Waals surface area contributed by atoms with Crippen molar-refractivity contribution < 1.29 is 9.59 Å². The predicted molar refractivity (Wildman–Crippen MR) is 138 cm³/mol. The predicted octanol–water partition coefficient (Wildman–Crippen LogP) is -2.53. The van der Waals surface area contributed by atoms with E-state index >= 15 is 0 Å². The molecule has 0 fully saturated rings. The Morgan fingerprint density at radius 1 is 0.706 bits per heavy atom. The van der Waals surface area contributed by atoms with E-state index in [0.29, 0.717) is 39.0 Å². The number of guanidine groups is 2. The number of hydrogen-bond acceptors (Lipinski definition) is 7. The normalized spacial score (nSPS) is 12.6. The van der Waals surface area contributed by atoms with Gasteiger partial charge in [-0.25, -0.2) is 0 Å². The molecule has 0 saturated heterocycles. The first-order valence-corrected chi connectivity index (χ1v) is 12.0. The lowest BCUT2D eigenvalue weighted by atomic mass is 10.1. The van der Waals surface area contributed by atoms with Gasteiger partial charge in [-0.3, -0.25) is 19.6 Å². The van der Waals surface area contributed by atoms with Crippen molar-refractivity contribution in [3.8, 4) is 0 Å². The van der Waals surface area contributed by atoms with Crippen LogP contribution < -0.4 is 45.0 Å². The van der Waals surface area contributed by atoms with E-state index in [4.69, 9.17) is 34.4 Å². The van der Waals surface area contributed by atoms with E-state index in [1.54, 1.807) is 0 Å². The van der Waals surface area contributed by atoms with Crippen LogP contribution in [0, 0.1) is 0 Å². The fraction of sp³-hybridized carbons (Fsp3) is 0.810. The fourth-order valence-corrected chi connectivity index (χ4v) is 3.13. The number of nitrogens with one attached hydrogen (secondary N) is 2. The second kappa shape index (κ2) is 19.8. The average molecular weight is 486 g/mol. The standard InChI is InChI=1S/C21H47N11O2/c1-32(14-6-12-28-18(33)16(22)8-2-4-10-30-20(24)25)15-7-13-29-19(34)17(23)9-3-5-11-31-21(26)27/h16-17H,2-15,22-23H2,1H3,(H,28,33)(H,29,34)(H4,24,25,30)(H4,26,27,31)/t16-,17-/m1/s1. The molecule has 0 rings (SSSR count). The molecule has 0 aliphatic heterocycles. The van der Waals surface area contributed by atoms with Crippen LogP contribution in [0.25, 0.3) is 0 Å². The molecular weight excluding hydrogens is 438 g/mol. The number of carbonyl (C=O) groups is 2. The Morgan fingerprint density at radius 3 is 1.44 bits per heavy atom. The maximum absolute atomic E-state index is 12.0. The molecule has 13 nitrogen and oxygen atoms in total. The minimum absolute atomic E-state index is 0.0735. The van der Waals surface area contributed by atoms with Crippen LogP contribution in [0.2, 0.25) is 0 Å². The number of carbonyl (C=O) groups excluding carboxylic acids is 2. The van der Waals surface area contributed by atoms with Gasteiger partial charge in [0.2, 0.25) is 11.8 Å². The number of amides is 2. The summed E-state index contributed by atoms with van der Waals surface area (Å²) in [4.78, 5) is 34.0. The highest BCUT2D eigenvalue weighted by molar-refractivity contribution is 5.81. The maximum Gasteiger partial charge on any atom is 0.236 e. The summed E-state index contributed by atoms with van der Waals surface area (Å²) in [5.41, 5.74) is 32.9. The number of nitrogens with zero attached hydrogens (tertiary/aromatic N) is 3. The first-order chi connectivity index (χ1) is 16.1. The Kier molecular flexibility index (Phi) is 18.3. The lowest BCUT2D eigenvalue weighted by molar-refractivity contribution is -0.123. The van der Waals surface area contributed by atoms with E-state index in [9.17, 15) is 9.59 Å². The number of nitrogens with two attached hydrogens (primary N) is 6. The molecule has 34 heavy (non-hydrogen) atoms. The minimum Gasteiger partial charge on any atom is -0.370 e. The third kappa shape index (κ3) is 18.9. The fourth-order valence-electron chi connectivity index (χ4n) is 3.13. The highest BCUT2D eigenvalue weighted by Gasteiger charge is 2.13. The second-order valence-corrected chi connectivity index (χ2v) is 8.41.